The van der Waals surface area contributed by atoms with E-state index in [1.165, 1.54) is 0 Å². The summed E-state index contributed by atoms with van der Waals surface area (Å²) in [4.78, 5) is 13.8. The molecule has 1 aliphatic rings. The Morgan fingerprint density at radius 1 is 1.20 bits per heavy atom. The van der Waals surface area contributed by atoms with E-state index < -0.39 is 0 Å². The molecule has 0 spiro atoms. The summed E-state index contributed by atoms with van der Waals surface area (Å²) in [6.07, 6.45) is 8.65. The monoisotopic (exact) mass is 337 g/mol. The van der Waals surface area contributed by atoms with E-state index in [4.69, 9.17) is 10.7 Å². The van der Waals surface area contributed by atoms with Gasteiger partial charge in [-0.1, -0.05) is 13.8 Å². The molecule has 1 aliphatic carbocycles. The lowest BCUT2D eigenvalue weighted by Crippen LogP contribution is -2.21. The van der Waals surface area contributed by atoms with Crippen molar-refractivity contribution >= 4 is 11.6 Å². The summed E-state index contributed by atoms with van der Waals surface area (Å²) in [7, 11) is 0. The molecule has 2 atom stereocenters. The minimum atomic E-state index is 0.279. The first-order chi connectivity index (χ1) is 12.1. The highest BCUT2D eigenvalue weighted by Crippen LogP contribution is 2.23. The highest BCUT2D eigenvalue weighted by Gasteiger charge is 2.22. The van der Waals surface area contributed by atoms with Crippen LogP contribution >= 0.6 is 0 Å². The second-order valence-corrected chi connectivity index (χ2v) is 7.02. The lowest BCUT2D eigenvalue weighted by atomic mass is 10.1. The molecule has 7 nitrogen and oxygen atoms in total. The third-order valence-corrected chi connectivity index (χ3v) is 4.74. The molecule has 0 unspecified atom stereocenters. The maximum absolute atomic E-state index is 5.98. The number of nitrogens with two attached hydrogens (primary N) is 1. The van der Waals surface area contributed by atoms with Gasteiger partial charge in [-0.15, -0.1) is 0 Å². The van der Waals surface area contributed by atoms with Crippen LogP contribution in [0.5, 0.6) is 0 Å². The Morgan fingerprint density at radius 3 is 2.80 bits per heavy atom. The topological polar surface area (TPSA) is 94.0 Å². The van der Waals surface area contributed by atoms with Gasteiger partial charge in [0.15, 0.2) is 5.65 Å². The molecule has 1 saturated carbocycles. The van der Waals surface area contributed by atoms with Gasteiger partial charge in [-0.2, -0.15) is 5.10 Å². The van der Waals surface area contributed by atoms with Gasteiger partial charge in [-0.25, -0.2) is 19.5 Å². The molecule has 0 radical (unpaired) electrons. The van der Waals surface area contributed by atoms with Gasteiger partial charge >= 0.3 is 0 Å². The fourth-order valence-electron chi connectivity index (χ4n) is 3.34. The van der Waals surface area contributed by atoms with Crippen molar-refractivity contribution in [2.24, 2.45) is 5.73 Å². The third-order valence-electron chi connectivity index (χ3n) is 4.74. The second-order valence-electron chi connectivity index (χ2n) is 7.02. The Labute approximate surface area is 146 Å². The SMILES string of the molecule is CC(C)c1cnn2ccc(-c3ccnc(N[C@H]4CC[C@H](N)C4)n3)nc12. The van der Waals surface area contributed by atoms with Gasteiger partial charge in [0.1, 0.15) is 0 Å². The van der Waals surface area contributed by atoms with Gasteiger partial charge in [-0.3, -0.25) is 0 Å². The van der Waals surface area contributed by atoms with Gasteiger partial charge < -0.3 is 11.1 Å². The van der Waals surface area contributed by atoms with Gasteiger partial charge in [0.25, 0.3) is 0 Å². The summed E-state index contributed by atoms with van der Waals surface area (Å²) in [5.41, 5.74) is 9.62. The zero-order valence-electron chi connectivity index (χ0n) is 14.6. The van der Waals surface area contributed by atoms with E-state index in [9.17, 15) is 0 Å². The van der Waals surface area contributed by atoms with Crippen LogP contribution in [0.4, 0.5) is 5.95 Å². The molecule has 1 fully saturated rings. The van der Waals surface area contributed by atoms with Gasteiger partial charge in [-0.05, 0) is 37.3 Å². The molecule has 7 heteroatoms. The first-order valence-corrected chi connectivity index (χ1v) is 8.80. The van der Waals surface area contributed by atoms with Crippen molar-refractivity contribution in [1.82, 2.24) is 24.6 Å². The first kappa shape index (κ1) is 16.0. The molecule has 0 amide bonds. The summed E-state index contributed by atoms with van der Waals surface area (Å²) < 4.78 is 1.80. The van der Waals surface area contributed by atoms with Crippen LogP contribution in [0, 0.1) is 0 Å². The van der Waals surface area contributed by atoms with E-state index in [0.717, 1.165) is 41.9 Å². The fraction of sp³-hybridized carbons (Fsp3) is 0.444. The van der Waals surface area contributed by atoms with Crippen molar-refractivity contribution in [3.8, 4) is 11.4 Å². The normalized spacial score (nSPS) is 20.5. The zero-order valence-corrected chi connectivity index (χ0v) is 14.6. The number of hydrogen-bond donors (Lipinski definition) is 2. The molecular weight excluding hydrogens is 314 g/mol. The predicted octanol–water partition coefficient (Wildman–Crippen LogP) is 2.60. The number of fused-ring (bicyclic) bond motifs is 1. The lowest BCUT2D eigenvalue weighted by molar-refractivity contribution is 0.685. The minimum absolute atomic E-state index is 0.279. The van der Waals surface area contributed by atoms with Gasteiger partial charge in [0.05, 0.1) is 17.6 Å². The maximum atomic E-state index is 5.98. The summed E-state index contributed by atoms with van der Waals surface area (Å²) in [6.45, 7) is 4.29. The molecular formula is C18H23N7. The highest BCUT2D eigenvalue weighted by molar-refractivity contribution is 5.60. The van der Waals surface area contributed by atoms with Crippen LogP contribution in [0.3, 0.4) is 0 Å². The zero-order chi connectivity index (χ0) is 17.4. The van der Waals surface area contributed by atoms with Crippen molar-refractivity contribution in [1.29, 1.82) is 0 Å². The molecule has 0 bridgehead atoms. The molecule has 0 aliphatic heterocycles. The van der Waals surface area contributed by atoms with E-state index >= 15 is 0 Å². The molecule has 0 aromatic carbocycles. The van der Waals surface area contributed by atoms with Gasteiger partial charge in [0.2, 0.25) is 5.95 Å². The predicted molar refractivity (Wildman–Crippen MR) is 97.3 cm³/mol. The molecule has 4 rings (SSSR count). The van der Waals surface area contributed by atoms with E-state index in [-0.39, 0.29) is 6.04 Å². The molecule has 130 valence electrons. The Hall–Kier alpha value is -2.54. The second kappa shape index (κ2) is 6.40. The number of nitrogens with one attached hydrogen (secondary N) is 1. The average molecular weight is 337 g/mol. The van der Waals surface area contributed by atoms with Crippen molar-refractivity contribution in [3.05, 3.63) is 36.3 Å². The van der Waals surface area contributed by atoms with Crippen LogP contribution in [0.25, 0.3) is 17.0 Å². The van der Waals surface area contributed by atoms with Crippen molar-refractivity contribution in [2.75, 3.05) is 5.32 Å². The fourth-order valence-corrected chi connectivity index (χ4v) is 3.34. The third kappa shape index (κ3) is 3.19. The van der Waals surface area contributed by atoms with Crippen LogP contribution in [0.15, 0.2) is 30.7 Å². The summed E-state index contributed by atoms with van der Waals surface area (Å²) in [5, 5.41) is 7.76. The number of aromatic nitrogens is 5. The van der Waals surface area contributed by atoms with Crippen molar-refractivity contribution in [2.45, 2.75) is 51.1 Å². The number of nitrogens with zero attached hydrogens (tertiary/aromatic N) is 5. The van der Waals surface area contributed by atoms with Crippen molar-refractivity contribution in [3.63, 3.8) is 0 Å². The number of rotatable bonds is 4. The summed E-state index contributed by atoms with van der Waals surface area (Å²) >= 11 is 0. The maximum Gasteiger partial charge on any atom is 0.223 e. The molecule has 3 aromatic rings. The Balaban J connectivity index is 1.64. The number of anilines is 1. The number of hydrogen-bond acceptors (Lipinski definition) is 6. The average Bonchev–Trinajstić information content (AvgIpc) is 3.20. The standard InChI is InChI=1S/C18H23N7/c1-11(2)14-10-21-25-8-6-16(23-17(14)25)15-5-7-20-18(24-15)22-13-4-3-12(19)9-13/h5-8,10-13H,3-4,9,19H2,1-2H3,(H,20,22,24)/t12-,13-/m0/s1. The molecule has 25 heavy (non-hydrogen) atoms. The van der Waals surface area contributed by atoms with E-state index in [1.54, 1.807) is 10.7 Å². The Morgan fingerprint density at radius 2 is 2.04 bits per heavy atom. The highest BCUT2D eigenvalue weighted by atomic mass is 15.2. The largest absolute Gasteiger partial charge is 0.351 e. The Kier molecular flexibility index (Phi) is 4.09. The molecule has 3 aromatic heterocycles. The quantitative estimate of drug-likeness (QED) is 0.760. The molecule has 3 N–H and O–H groups in total. The van der Waals surface area contributed by atoms with E-state index in [1.807, 2.05) is 24.5 Å². The van der Waals surface area contributed by atoms with Gasteiger partial charge in [0, 0.05) is 30.0 Å². The van der Waals surface area contributed by atoms with Crippen molar-refractivity contribution < 1.29 is 0 Å². The van der Waals surface area contributed by atoms with Crippen LogP contribution in [-0.2, 0) is 0 Å². The van der Waals surface area contributed by atoms with Crippen LogP contribution in [0.1, 0.15) is 44.6 Å². The molecule has 3 heterocycles. The van der Waals surface area contributed by atoms with Crippen LogP contribution in [0.2, 0.25) is 0 Å². The van der Waals surface area contributed by atoms with Crippen LogP contribution < -0.4 is 11.1 Å². The summed E-state index contributed by atoms with van der Waals surface area (Å²) in [6, 6.07) is 4.45. The lowest BCUT2D eigenvalue weighted by Gasteiger charge is -2.12. The Bertz CT molecular complexity index is 886. The summed E-state index contributed by atoms with van der Waals surface area (Å²) in [5.74, 6) is 1.00. The van der Waals surface area contributed by atoms with E-state index in [2.05, 4.69) is 34.2 Å². The minimum Gasteiger partial charge on any atom is -0.351 e. The smallest absolute Gasteiger partial charge is 0.223 e. The first-order valence-electron chi connectivity index (χ1n) is 8.80. The van der Waals surface area contributed by atoms with Crippen LogP contribution in [-0.4, -0.2) is 36.6 Å². The molecule has 0 saturated heterocycles. The van der Waals surface area contributed by atoms with E-state index in [0.29, 0.717) is 17.9 Å².